The monoisotopic (exact) mass is 287 g/mol. The number of aromatic nitrogens is 5. The highest BCUT2D eigenvalue weighted by Crippen LogP contribution is 2.17. The minimum absolute atomic E-state index is 0.196. The summed E-state index contributed by atoms with van der Waals surface area (Å²) in [5.74, 6) is 0.627. The number of anilines is 1. The lowest BCUT2D eigenvalue weighted by atomic mass is 10.3. The molecule has 3 heterocycles. The van der Waals surface area contributed by atoms with Crippen molar-refractivity contribution in [3.05, 3.63) is 30.7 Å². The SMILES string of the molecule is O=C(NCCn1cncn1)c1cc(N2CCCC2)ncn1. The number of amides is 1. The first-order valence-corrected chi connectivity index (χ1v) is 7.00. The van der Waals surface area contributed by atoms with Crippen LogP contribution < -0.4 is 10.2 Å². The molecule has 2 aromatic rings. The number of hydrogen-bond acceptors (Lipinski definition) is 6. The number of nitrogens with zero attached hydrogens (tertiary/aromatic N) is 6. The van der Waals surface area contributed by atoms with Crippen LogP contribution in [0.5, 0.6) is 0 Å². The molecule has 0 aromatic carbocycles. The molecule has 21 heavy (non-hydrogen) atoms. The quantitative estimate of drug-likeness (QED) is 0.839. The number of carbonyl (C=O) groups is 1. The van der Waals surface area contributed by atoms with Crippen LogP contribution in [-0.2, 0) is 6.54 Å². The maximum absolute atomic E-state index is 12.1. The summed E-state index contributed by atoms with van der Waals surface area (Å²) in [6.07, 6.45) is 6.86. The fraction of sp³-hybridized carbons (Fsp3) is 0.462. The highest BCUT2D eigenvalue weighted by Gasteiger charge is 2.16. The topological polar surface area (TPSA) is 88.8 Å². The number of hydrogen-bond donors (Lipinski definition) is 1. The van der Waals surface area contributed by atoms with E-state index in [-0.39, 0.29) is 5.91 Å². The first-order chi connectivity index (χ1) is 10.3. The van der Waals surface area contributed by atoms with Crippen molar-refractivity contribution in [3.8, 4) is 0 Å². The van der Waals surface area contributed by atoms with Crippen molar-refractivity contribution >= 4 is 11.7 Å². The molecule has 0 spiro atoms. The zero-order valence-electron chi connectivity index (χ0n) is 11.6. The van der Waals surface area contributed by atoms with Gasteiger partial charge in [-0.25, -0.2) is 15.0 Å². The van der Waals surface area contributed by atoms with Crippen LogP contribution >= 0.6 is 0 Å². The molecule has 1 amide bonds. The zero-order chi connectivity index (χ0) is 14.5. The van der Waals surface area contributed by atoms with Crippen molar-refractivity contribution in [2.24, 2.45) is 0 Å². The maximum atomic E-state index is 12.1. The summed E-state index contributed by atoms with van der Waals surface area (Å²) < 4.78 is 1.66. The van der Waals surface area contributed by atoms with Gasteiger partial charge in [-0.05, 0) is 12.8 Å². The Morgan fingerprint density at radius 2 is 2.10 bits per heavy atom. The minimum atomic E-state index is -0.196. The molecule has 0 radical (unpaired) electrons. The van der Waals surface area contributed by atoms with Crippen LogP contribution in [0.4, 0.5) is 5.82 Å². The summed E-state index contributed by atoms with van der Waals surface area (Å²) >= 11 is 0. The molecule has 8 heteroatoms. The number of rotatable bonds is 5. The molecule has 8 nitrogen and oxygen atoms in total. The van der Waals surface area contributed by atoms with E-state index in [1.165, 1.54) is 25.5 Å². The molecule has 1 aliphatic rings. The van der Waals surface area contributed by atoms with Crippen molar-refractivity contribution in [2.75, 3.05) is 24.5 Å². The highest BCUT2D eigenvalue weighted by molar-refractivity contribution is 5.92. The smallest absolute Gasteiger partial charge is 0.270 e. The van der Waals surface area contributed by atoms with Gasteiger partial charge in [-0.15, -0.1) is 0 Å². The average Bonchev–Trinajstić information content (AvgIpc) is 3.21. The molecule has 3 rings (SSSR count). The average molecular weight is 287 g/mol. The molecule has 0 aliphatic carbocycles. The predicted octanol–water partition coefficient (Wildman–Crippen LogP) is 0.0983. The highest BCUT2D eigenvalue weighted by atomic mass is 16.1. The summed E-state index contributed by atoms with van der Waals surface area (Å²) in [6.45, 7) is 3.04. The summed E-state index contributed by atoms with van der Waals surface area (Å²) in [6, 6.07) is 1.75. The third-order valence-electron chi connectivity index (χ3n) is 3.41. The van der Waals surface area contributed by atoms with Gasteiger partial charge in [-0.2, -0.15) is 5.10 Å². The van der Waals surface area contributed by atoms with Crippen LogP contribution in [0.15, 0.2) is 25.0 Å². The Labute approximate surface area is 122 Å². The standard InChI is InChI=1S/C13H17N7O/c21-13(15-3-6-20-10-14-8-18-20)11-7-12(17-9-16-11)19-4-1-2-5-19/h7-10H,1-6H2,(H,15,21). The summed E-state index contributed by atoms with van der Waals surface area (Å²) in [5, 5.41) is 6.79. The lowest BCUT2D eigenvalue weighted by Gasteiger charge is -2.16. The van der Waals surface area contributed by atoms with Crippen molar-refractivity contribution in [1.29, 1.82) is 0 Å². The predicted molar refractivity (Wildman–Crippen MR) is 75.8 cm³/mol. The van der Waals surface area contributed by atoms with E-state index < -0.39 is 0 Å². The molecule has 1 saturated heterocycles. The maximum Gasteiger partial charge on any atom is 0.270 e. The molecule has 0 atom stereocenters. The van der Waals surface area contributed by atoms with Crippen LogP contribution in [0, 0.1) is 0 Å². The zero-order valence-corrected chi connectivity index (χ0v) is 11.6. The van der Waals surface area contributed by atoms with E-state index in [0.29, 0.717) is 18.8 Å². The Hall–Kier alpha value is -2.51. The van der Waals surface area contributed by atoms with Gasteiger partial charge in [-0.1, -0.05) is 0 Å². The molecule has 110 valence electrons. The largest absolute Gasteiger partial charge is 0.357 e. The van der Waals surface area contributed by atoms with E-state index in [4.69, 9.17) is 0 Å². The number of carbonyl (C=O) groups excluding carboxylic acids is 1. The fourth-order valence-electron chi connectivity index (χ4n) is 2.31. The molecule has 1 N–H and O–H groups in total. The summed E-state index contributed by atoms with van der Waals surface area (Å²) in [5.41, 5.74) is 0.394. The van der Waals surface area contributed by atoms with E-state index in [9.17, 15) is 4.79 Å². The van der Waals surface area contributed by atoms with Gasteiger partial charge in [0.1, 0.15) is 30.5 Å². The van der Waals surface area contributed by atoms with Crippen LogP contribution in [0.3, 0.4) is 0 Å². The van der Waals surface area contributed by atoms with Crippen LogP contribution in [0.25, 0.3) is 0 Å². The fourth-order valence-corrected chi connectivity index (χ4v) is 2.31. The van der Waals surface area contributed by atoms with Gasteiger partial charge in [-0.3, -0.25) is 9.48 Å². The van der Waals surface area contributed by atoms with Gasteiger partial charge < -0.3 is 10.2 Å². The van der Waals surface area contributed by atoms with Gasteiger partial charge >= 0.3 is 0 Å². The van der Waals surface area contributed by atoms with Crippen LogP contribution in [-0.4, -0.2) is 50.3 Å². The molecule has 0 saturated carbocycles. The first-order valence-electron chi connectivity index (χ1n) is 7.00. The first kappa shape index (κ1) is 13.5. The summed E-state index contributed by atoms with van der Waals surface area (Å²) in [4.78, 5) is 26.4. The van der Waals surface area contributed by atoms with Gasteiger partial charge in [0.2, 0.25) is 0 Å². The lowest BCUT2D eigenvalue weighted by Crippen LogP contribution is -2.28. The summed E-state index contributed by atoms with van der Waals surface area (Å²) in [7, 11) is 0. The third-order valence-corrected chi connectivity index (χ3v) is 3.41. The van der Waals surface area contributed by atoms with E-state index in [0.717, 1.165) is 18.9 Å². The van der Waals surface area contributed by atoms with E-state index >= 15 is 0 Å². The van der Waals surface area contributed by atoms with Crippen molar-refractivity contribution < 1.29 is 4.79 Å². The third kappa shape index (κ3) is 3.33. The van der Waals surface area contributed by atoms with E-state index in [1.54, 1.807) is 17.1 Å². The van der Waals surface area contributed by atoms with Gasteiger partial charge in [0.05, 0.1) is 6.54 Å². The second kappa shape index (κ2) is 6.29. The van der Waals surface area contributed by atoms with E-state index in [2.05, 4.69) is 30.3 Å². The molecule has 1 aliphatic heterocycles. The van der Waals surface area contributed by atoms with Crippen molar-refractivity contribution in [3.63, 3.8) is 0 Å². The van der Waals surface area contributed by atoms with Crippen LogP contribution in [0.2, 0.25) is 0 Å². The number of nitrogens with one attached hydrogen (secondary N) is 1. The molecular formula is C13H17N7O. The molecule has 0 bridgehead atoms. The van der Waals surface area contributed by atoms with Crippen LogP contribution in [0.1, 0.15) is 23.3 Å². The van der Waals surface area contributed by atoms with Crippen molar-refractivity contribution in [1.82, 2.24) is 30.0 Å². The normalized spacial score (nSPS) is 14.4. The Morgan fingerprint density at radius 3 is 2.86 bits per heavy atom. The molecule has 0 unspecified atom stereocenters. The van der Waals surface area contributed by atoms with Gasteiger partial charge in [0.25, 0.3) is 5.91 Å². The van der Waals surface area contributed by atoms with Gasteiger partial charge in [0.15, 0.2) is 0 Å². The second-order valence-corrected chi connectivity index (χ2v) is 4.87. The Balaban J connectivity index is 1.57. The molecule has 2 aromatic heterocycles. The molecular weight excluding hydrogens is 270 g/mol. The van der Waals surface area contributed by atoms with E-state index in [1.807, 2.05) is 0 Å². The Kier molecular flexibility index (Phi) is 4.04. The van der Waals surface area contributed by atoms with Gasteiger partial charge in [0, 0.05) is 25.7 Å². The molecule has 1 fully saturated rings. The van der Waals surface area contributed by atoms with Crippen molar-refractivity contribution in [2.45, 2.75) is 19.4 Å². The Bertz CT molecular complexity index is 592. The minimum Gasteiger partial charge on any atom is -0.357 e. The lowest BCUT2D eigenvalue weighted by molar-refractivity contribution is 0.0947. The Morgan fingerprint density at radius 1 is 1.24 bits per heavy atom. The second-order valence-electron chi connectivity index (χ2n) is 4.87.